The Bertz CT molecular complexity index is 45.7. The molecule has 1 nitrogen and oxygen atoms in total. The van der Waals surface area contributed by atoms with Crippen LogP contribution in [0.4, 0.5) is 4.39 Å². The van der Waals surface area contributed by atoms with Crippen LogP contribution in [-0.4, -0.2) is 18.8 Å². The van der Waals surface area contributed by atoms with Gasteiger partial charge in [-0.05, 0) is 6.92 Å². The maximum Gasteiger partial charge on any atom is 0.121 e. The summed E-state index contributed by atoms with van der Waals surface area (Å²) in [4.78, 5) is 0. The van der Waals surface area contributed by atoms with Crippen molar-refractivity contribution in [3.63, 3.8) is 0 Å². The highest BCUT2D eigenvalue weighted by molar-refractivity contribution is 6.17. The van der Waals surface area contributed by atoms with Gasteiger partial charge in [0, 0.05) is 6.42 Å². The van der Waals surface area contributed by atoms with Crippen molar-refractivity contribution in [2.75, 3.05) is 12.7 Å². The molecule has 0 aromatic carbocycles. The van der Waals surface area contributed by atoms with Gasteiger partial charge in [-0.25, -0.2) is 0 Å². The molecule has 50 valence electrons. The highest BCUT2D eigenvalue weighted by atomic mass is 35.5. The molecule has 0 radical (unpaired) electrons. The molecule has 0 amide bonds. The SMILES string of the molecule is CC(CCF)OCCl. The molecular formula is C5H10ClFO. The van der Waals surface area contributed by atoms with Gasteiger partial charge < -0.3 is 4.74 Å². The first kappa shape index (κ1) is 8.18. The van der Waals surface area contributed by atoms with Crippen LogP contribution in [0.25, 0.3) is 0 Å². The van der Waals surface area contributed by atoms with Crippen molar-refractivity contribution in [1.82, 2.24) is 0 Å². The Labute approximate surface area is 53.8 Å². The fraction of sp³-hybridized carbons (Fsp3) is 1.00. The first-order valence-corrected chi connectivity index (χ1v) is 3.08. The quantitative estimate of drug-likeness (QED) is 0.543. The summed E-state index contributed by atoms with van der Waals surface area (Å²) in [5.74, 6) is 0. The smallest absolute Gasteiger partial charge is 0.121 e. The Balaban J connectivity index is 2.92. The summed E-state index contributed by atoms with van der Waals surface area (Å²) in [6, 6.07) is 0.154. The number of halogens is 2. The second-order valence-corrected chi connectivity index (χ2v) is 1.78. The predicted molar refractivity (Wildman–Crippen MR) is 31.9 cm³/mol. The first-order chi connectivity index (χ1) is 3.81. The zero-order valence-electron chi connectivity index (χ0n) is 4.86. The van der Waals surface area contributed by atoms with Crippen molar-refractivity contribution in [3.8, 4) is 0 Å². The summed E-state index contributed by atoms with van der Waals surface area (Å²) in [7, 11) is 0. The number of ether oxygens (including phenoxy) is 1. The van der Waals surface area contributed by atoms with Gasteiger partial charge >= 0.3 is 0 Å². The molecule has 1 unspecified atom stereocenters. The zero-order valence-corrected chi connectivity index (χ0v) is 5.62. The predicted octanol–water partition coefficient (Wildman–Crippen LogP) is 1.95. The average Bonchev–Trinajstić information content (AvgIpc) is 1.68. The molecule has 0 fully saturated rings. The van der Waals surface area contributed by atoms with Gasteiger partial charge in [-0.1, -0.05) is 11.6 Å². The molecule has 1 atom stereocenters. The Morgan fingerprint density at radius 1 is 1.75 bits per heavy atom. The van der Waals surface area contributed by atoms with E-state index in [1.165, 1.54) is 0 Å². The van der Waals surface area contributed by atoms with Crippen molar-refractivity contribution in [3.05, 3.63) is 0 Å². The Kier molecular flexibility index (Phi) is 5.44. The van der Waals surface area contributed by atoms with E-state index in [0.717, 1.165) is 0 Å². The van der Waals surface area contributed by atoms with Crippen molar-refractivity contribution in [2.24, 2.45) is 0 Å². The van der Waals surface area contributed by atoms with Gasteiger partial charge in [0.15, 0.2) is 0 Å². The van der Waals surface area contributed by atoms with Crippen LogP contribution in [0.15, 0.2) is 0 Å². The topological polar surface area (TPSA) is 9.23 Å². The average molecular weight is 141 g/mol. The van der Waals surface area contributed by atoms with E-state index in [4.69, 9.17) is 16.3 Å². The van der Waals surface area contributed by atoms with Gasteiger partial charge in [0.05, 0.1) is 12.8 Å². The third kappa shape index (κ3) is 4.34. The maximum absolute atomic E-state index is 11.4. The largest absolute Gasteiger partial charge is 0.363 e. The Morgan fingerprint density at radius 3 is 2.75 bits per heavy atom. The van der Waals surface area contributed by atoms with E-state index in [1.54, 1.807) is 6.92 Å². The molecule has 0 bridgehead atoms. The minimum Gasteiger partial charge on any atom is -0.363 e. The van der Waals surface area contributed by atoms with Crippen molar-refractivity contribution in [2.45, 2.75) is 19.4 Å². The molecular weight excluding hydrogens is 131 g/mol. The van der Waals surface area contributed by atoms with Crippen LogP contribution in [0.3, 0.4) is 0 Å². The minimum atomic E-state index is -0.335. The molecule has 8 heavy (non-hydrogen) atoms. The van der Waals surface area contributed by atoms with Crippen LogP contribution < -0.4 is 0 Å². The fourth-order valence-electron chi connectivity index (χ4n) is 0.345. The van der Waals surface area contributed by atoms with Gasteiger partial charge in [-0.2, -0.15) is 0 Å². The lowest BCUT2D eigenvalue weighted by Gasteiger charge is -2.05. The van der Waals surface area contributed by atoms with Crippen LogP contribution in [-0.2, 0) is 4.74 Å². The molecule has 0 heterocycles. The molecule has 0 aliphatic rings. The number of rotatable bonds is 4. The molecule has 0 spiro atoms. The lowest BCUT2D eigenvalue weighted by molar-refractivity contribution is 0.0891. The van der Waals surface area contributed by atoms with E-state index in [-0.39, 0.29) is 18.8 Å². The van der Waals surface area contributed by atoms with Gasteiger partial charge in [-0.15, -0.1) is 0 Å². The molecule has 0 aromatic rings. The normalized spacial score (nSPS) is 13.9. The summed E-state index contributed by atoms with van der Waals surface area (Å²) < 4.78 is 16.3. The number of hydrogen-bond acceptors (Lipinski definition) is 1. The third-order valence-electron chi connectivity index (χ3n) is 0.863. The summed E-state index contributed by atoms with van der Waals surface area (Å²) in [5, 5.41) is 0. The van der Waals surface area contributed by atoms with Gasteiger partial charge in [0.25, 0.3) is 0 Å². The summed E-state index contributed by atoms with van der Waals surface area (Å²) in [6.45, 7) is 1.46. The molecule has 0 rings (SSSR count). The molecule has 3 heteroatoms. The first-order valence-electron chi connectivity index (χ1n) is 2.54. The summed E-state index contributed by atoms with van der Waals surface area (Å²) in [5.41, 5.74) is 0. The lowest BCUT2D eigenvalue weighted by atomic mass is 10.3. The highest BCUT2D eigenvalue weighted by Crippen LogP contribution is 1.97. The van der Waals surface area contributed by atoms with E-state index in [9.17, 15) is 4.39 Å². The van der Waals surface area contributed by atoms with E-state index >= 15 is 0 Å². The second kappa shape index (κ2) is 5.32. The van der Waals surface area contributed by atoms with Crippen LogP contribution in [0.5, 0.6) is 0 Å². The van der Waals surface area contributed by atoms with Crippen LogP contribution in [0.1, 0.15) is 13.3 Å². The van der Waals surface area contributed by atoms with E-state index < -0.39 is 0 Å². The van der Waals surface area contributed by atoms with Gasteiger partial charge in [0.2, 0.25) is 0 Å². The van der Waals surface area contributed by atoms with Crippen LogP contribution in [0.2, 0.25) is 0 Å². The third-order valence-corrected chi connectivity index (χ3v) is 0.989. The van der Waals surface area contributed by atoms with Crippen molar-refractivity contribution in [1.29, 1.82) is 0 Å². The molecule has 0 aliphatic carbocycles. The fourth-order valence-corrected chi connectivity index (χ4v) is 0.560. The van der Waals surface area contributed by atoms with Gasteiger partial charge in [-0.3, -0.25) is 4.39 Å². The van der Waals surface area contributed by atoms with Crippen LogP contribution in [0, 0.1) is 0 Å². The molecule has 0 aliphatic heterocycles. The lowest BCUT2D eigenvalue weighted by Crippen LogP contribution is -2.06. The number of alkyl halides is 2. The standard InChI is InChI=1S/C5H10ClFO/c1-5(2-3-7)8-4-6/h5H,2-4H2,1H3. The number of hydrogen-bond donors (Lipinski definition) is 0. The maximum atomic E-state index is 11.4. The van der Waals surface area contributed by atoms with E-state index in [0.29, 0.717) is 6.42 Å². The van der Waals surface area contributed by atoms with E-state index in [1.807, 2.05) is 0 Å². The summed E-state index contributed by atoms with van der Waals surface area (Å²) in [6.07, 6.45) is 0.393. The molecule has 0 saturated carbocycles. The Hall–Kier alpha value is 0.180. The van der Waals surface area contributed by atoms with E-state index in [2.05, 4.69) is 0 Å². The van der Waals surface area contributed by atoms with Crippen LogP contribution >= 0.6 is 11.6 Å². The zero-order chi connectivity index (χ0) is 6.41. The molecule has 0 saturated heterocycles. The minimum absolute atomic E-state index is 0.0440. The monoisotopic (exact) mass is 140 g/mol. The second-order valence-electron chi connectivity index (χ2n) is 1.56. The Morgan fingerprint density at radius 2 is 2.38 bits per heavy atom. The molecule has 0 N–H and O–H groups in total. The van der Waals surface area contributed by atoms with Gasteiger partial charge in [0.1, 0.15) is 6.07 Å². The van der Waals surface area contributed by atoms with Crippen molar-refractivity contribution >= 4 is 11.6 Å². The molecule has 0 aromatic heterocycles. The summed E-state index contributed by atoms with van der Waals surface area (Å²) >= 11 is 5.19. The highest BCUT2D eigenvalue weighted by Gasteiger charge is 1.97. The van der Waals surface area contributed by atoms with Crippen molar-refractivity contribution < 1.29 is 9.13 Å².